The van der Waals surface area contributed by atoms with E-state index in [4.69, 9.17) is 0 Å². The van der Waals surface area contributed by atoms with Crippen molar-refractivity contribution in [3.8, 4) is 5.75 Å². The zero-order chi connectivity index (χ0) is 23.2. The van der Waals surface area contributed by atoms with E-state index in [-0.39, 0.29) is 11.1 Å². The standard InChI is InChI=1S/C21H13BF8O/c1-8-4-10(14(25)6-12(8)23)22(11-5-9(2)13(24)7-15(11)26)16-17(27)19(29)21(31-3)20(30)18(16)28/h4-7H,1-3H3. The maximum Gasteiger partial charge on any atom is 0.256 e. The Kier molecular flexibility index (Phi) is 6.02. The van der Waals surface area contributed by atoms with E-state index in [1.54, 1.807) is 0 Å². The Morgan fingerprint density at radius 2 is 0.968 bits per heavy atom. The number of ether oxygens (including phenoxy) is 1. The summed E-state index contributed by atoms with van der Waals surface area (Å²) in [6, 6.07) is 2.43. The first kappa shape index (κ1) is 22.6. The topological polar surface area (TPSA) is 9.23 Å². The molecule has 0 aliphatic heterocycles. The van der Waals surface area contributed by atoms with Crippen LogP contribution < -0.4 is 21.1 Å². The second kappa shape index (κ2) is 8.24. The molecule has 3 rings (SSSR count). The molecular formula is C21H13BF8O. The Morgan fingerprint density at radius 3 is 1.32 bits per heavy atom. The number of hydrogen-bond donors (Lipinski definition) is 0. The third-order valence-corrected chi connectivity index (χ3v) is 4.93. The first-order valence-corrected chi connectivity index (χ1v) is 8.80. The predicted octanol–water partition coefficient (Wildman–Crippen LogP) is 3.94. The van der Waals surface area contributed by atoms with Gasteiger partial charge in [-0.3, -0.25) is 0 Å². The predicted molar refractivity (Wildman–Crippen MR) is 99.7 cm³/mol. The van der Waals surface area contributed by atoms with Gasteiger partial charge in [-0.05, 0) is 35.9 Å². The first-order valence-electron chi connectivity index (χ1n) is 8.80. The zero-order valence-electron chi connectivity index (χ0n) is 16.3. The van der Waals surface area contributed by atoms with Gasteiger partial charge < -0.3 is 4.74 Å². The Bertz CT molecular complexity index is 1110. The van der Waals surface area contributed by atoms with E-state index in [9.17, 15) is 35.1 Å². The molecule has 0 aliphatic rings. The molecule has 1 nitrogen and oxygen atoms in total. The van der Waals surface area contributed by atoms with E-state index in [0.29, 0.717) is 12.1 Å². The molecule has 3 aromatic rings. The van der Waals surface area contributed by atoms with E-state index >= 15 is 0 Å². The fourth-order valence-corrected chi connectivity index (χ4v) is 3.34. The number of halogens is 8. The van der Waals surface area contributed by atoms with Gasteiger partial charge >= 0.3 is 0 Å². The molecule has 0 saturated carbocycles. The molecule has 0 spiro atoms. The summed E-state index contributed by atoms with van der Waals surface area (Å²) in [5.74, 6) is -13.9. The highest BCUT2D eigenvalue weighted by atomic mass is 19.2. The maximum absolute atomic E-state index is 14.9. The van der Waals surface area contributed by atoms with Crippen LogP contribution in [0.2, 0.25) is 0 Å². The van der Waals surface area contributed by atoms with Crippen molar-refractivity contribution in [1.29, 1.82) is 0 Å². The van der Waals surface area contributed by atoms with Crippen LogP contribution in [0.1, 0.15) is 11.1 Å². The van der Waals surface area contributed by atoms with Crippen LogP contribution in [0.25, 0.3) is 0 Å². The molecule has 0 saturated heterocycles. The number of rotatable bonds is 4. The van der Waals surface area contributed by atoms with Crippen LogP contribution in [0.15, 0.2) is 24.3 Å². The lowest BCUT2D eigenvalue weighted by Gasteiger charge is -2.21. The van der Waals surface area contributed by atoms with Gasteiger partial charge in [-0.2, -0.15) is 8.78 Å². The van der Waals surface area contributed by atoms with Gasteiger partial charge in [-0.25, -0.2) is 26.3 Å². The molecule has 3 aromatic carbocycles. The maximum atomic E-state index is 14.9. The monoisotopic (exact) mass is 444 g/mol. The van der Waals surface area contributed by atoms with Gasteiger partial charge in [0.05, 0.1) is 7.11 Å². The van der Waals surface area contributed by atoms with Crippen molar-refractivity contribution in [2.75, 3.05) is 7.11 Å². The van der Waals surface area contributed by atoms with Gasteiger partial charge in [-0.1, -0.05) is 12.1 Å². The van der Waals surface area contributed by atoms with Gasteiger partial charge in [0.1, 0.15) is 23.3 Å². The molecule has 10 heteroatoms. The highest BCUT2D eigenvalue weighted by molar-refractivity contribution is 6.95. The number of methoxy groups -OCH3 is 1. The van der Waals surface area contributed by atoms with Crippen molar-refractivity contribution in [1.82, 2.24) is 0 Å². The largest absolute Gasteiger partial charge is 0.491 e. The van der Waals surface area contributed by atoms with E-state index in [2.05, 4.69) is 4.74 Å². The minimum atomic E-state index is -2.12. The Hall–Kier alpha value is -3.04. The summed E-state index contributed by atoms with van der Waals surface area (Å²) in [5, 5.41) is 0. The fourth-order valence-electron chi connectivity index (χ4n) is 3.34. The number of aryl methyl sites for hydroxylation is 2. The molecule has 31 heavy (non-hydrogen) atoms. The summed E-state index contributed by atoms with van der Waals surface area (Å²) >= 11 is 0. The van der Waals surface area contributed by atoms with E-state index in [0.717, 1.165) is 19.2 Å². The average molecular weight is 444 g/mol. The smallest absolute Gasteiger partial charge is 0.256 e. The van der Waals surface area contributed by atoms with E-state index < -0.39 is 75.4 Å². The second-order valence-electron chi connectivity index (χ2n) is 6.88. The van der Waals surface area contributed by atoms with Crippen LogP contribution in [-0.4, -0.2) is 13.8 Å². The van der Waals surface area contributed by atoms with Crippen LogP contribution >= 0.6 is 0 Å². The molecule has 0 fully saturated rings. The van der Waals surface area contributed by atoms with Crippen molar-refractivity contribution < 1.29 is 39.9 Å². The van der Waals surface area contributed by atoms with Crippen molar-refractivity contribution in [2.24, 2.45) is 0 Å². The fraction of sp³-hybridized carbons (Fsp3) is 0.143. The summed E-state index contributed by atoms with van der Waals surface area (Å²) in [6.45, 7) is 0.279. The normalized spacial score (nSPS) is 11.1. The van der Waals surface area contributed by atoms with Crippen LogP contribution in [0.3, 0.4) is 0 Å². The summed E-state index contributed by atoms with van der Waals surface area (Å²) in [6.07, 6.45) is 0. The lowest BCUT2D eigenvalue weighted by atomic mass is 9.36. The van der Waals surface area contributed by atoms with Crippen LogP contribution in [0.5, 0.6) is 5.75 Å². The number of benzene rings is 3. The molecule has 0 aromatic heterocycles. The molecule has 0 aliphatic carbocycles. The van der Waals surface area contributed by atoms with Crippen LogP contribution in [0.4, 0.5) is 35.1 Å². The molecule has 0 unspecified atom stereocenters. The quantitative estimate of drug-likeness (QED) is 0.337. The zero-order valence-corrected chi connectivity index (χ0v) is 16.3. The van der Waals surface area contributed by atoms with Gasteiger partial charge in [0.15, 0.2) is 17.4 Å². The summed E-state index contributed by atoms with van der Waals surface area (Å²) < 4.78 is 120. The Labute approximate surface area is 172 Å². The second-order valence-corrected chi connectivity index (χ2v) is 6.88. The van der Waals surface area contributed by atoms with Crippen molar-refractivity contribution in [3.63, 3.8) is 0 Å². The minimum Gasteiger partial charge on any atom is -0.491 e. The highest BCUT2D eigenvalue weighted by Gasteiger charge is 2.38. The summed E-state index contributed by atoms with van der Waals surface area (Å²) in [5.41, 5.74) is -3.10. The van der Waals surface area contributed by atoms with Gasteiger partial charge in [0.25, 0.3) is 6.71 Å². The molecule has 0 atom stereocenters. The molecule has 0 radical (unpaired) electrons. The van der Waals surface area contributed by atoms with Gasteiger partial charge in [0, 0.05) is 17.6 Å². The van der Waals surface area contributed by atoms with E-state index in [1.165, 1.54) is 13.8 Å². The molecule has 0 bridgehead atoms. The Balaban J connectivity index is 2.48. The lowest BCUT2D eigenvalue weighted by Crippen LogP contribution is -2.57. The summed E-state index contributed by atoms with van der Waals surface area (Å²) in [4.78, 5) is 0. The third-order valence-electron chi connectivity index (χ3n) is 4.93. The highest BCUT2D eigenvalue weighted by Crippen LogP contribution is 2.26. The molecule has 0 N–H and O–H groups in total. The lowest BCUT2D eigenvalue weighted by molar-refractivity contribution is 0.335. The van der Waals surface area contributed by atoms with Gasteiger partial charge in [-0.15, -0.1) is 0 Å². The SMILES string of the molecule is COc1c(F)c(F)c(B(c2cc(C)c(F)cc2F)c2cc(C)c(F)cc2F)c(F)c1F. The molecule has 0 amide bonds. The average Bonchev–Trinajstić information content (AvgIpc) is 2.70. The van der Waals surface area contributed by atoms with Crippen molar-refractivity contribution in [3.05, 3.63) is 81.9 Å². The third kappa shape index (κ3) is 3.75. The van der Waals surface area contributed by atoms with E-state index in [1.807, 2.05) is 0 Å². The first-order chi connectivity index (χ1) is 14.5. The van der Waals surface area contributed by atoms with Crippen LogP contribution in [-0.2, 0) is 0 Å². The van der Waals surface area contributed by atoms with Crippen molar-refractivity contribution >= 4 is 23.1 Å². The Morgan fingerprint density at radius 1 is 0.581 bits per heavy atom. The van der Waals surface area contributed by atoms with Crippen LogP contribution in [0, 0.1) is 60.4 Å². The van der Waals surface area contributed by atoms with Gasteiger partial charge in [0.2, 0.25) is 11.6 Å². The van der Waals surface area contributed by atoms with Crippen molar-refractivity contribution in [2.45, 2.75) is 13.8 Å². The summed E-state index contributed by atoms with van der Waals surface area (Å²) in [7, 11) is 0.767. The molecule has 162 valence electrons. The molecular weight excluding hydrogens is 431 g/mol. The molecule has 0 heterocycles. The number of hydrogen-bond acceptors (Lipinski definition) is 1. The minimum absolute atomic E-state index is 0.184.